The van der Waals surface area contributed by atoms with Crippen molar-refractivity contribution in [1.82, 2.24) is 9.97 Å². The van der Waals surface area contributed by atoms with E-state index in [4.69, 9.17) is 4.74 Å². The summed E-state index contributed by atoms with van der Waals surface area (Å²) in [5.74, 6) is -1.26. The number of hydrogen-bond donors (Lipinski definition) is 1. The van der Waals surface area contributed by atoms with Gasteiger partial charge in [0.25, 0.3) is 0 Å². The van der Waals surface area contributed by atoms with Gasteiger partial charge < -0.3 is 9.72 Å². The highest BCUT2D eigenvalue weighted by atomic mass is 16.6. The second-order valence-electron chi connectivity index (χ2n) is 4.53. The molecule has 0 aliphatic heterocycles. The zero-order chi connectivity index (χ0) is 14.7. The molecule has 0 radical (unpaired) electrons. The largest absolute Gasteiger partial charge is 0.389 e. The minimum absolute atomic E-state index is 0.0610. The number of benzene rings is 2. The molecule has 3 rings (SSSR count). The van der Waals surface area contributed by atoms with Crippen molar-refractivity contribution in [3.05, 3.63) is 66.0 Å². The zero-order valence-electron chi connectivity index (χ0n) is 11.1. The number of nitrogens with one attached hydrogen (secondary N) is 1. The standard InChI is InChI=1S/C16H12N2O3/c19-14(9-11-5-2-1-3-6-11)21-16(20)12-7-4-8-13-15(12)18-10-17-13/h1-8,10H,9H2,(H,17,18). The lowest BCUT2D eigenvalue weighted by atomic mass is 10.1. The Labute approximate surface area is 120 Å². The van der Waals surface area contributed by atoms with Gasteiger partial charge in [-0.1, -0.05) is 36.4 Å². The number of ether oxygens (including phenoxy) is 1. The monoisotopic (exact) mass is 280 g/mol. The Kier molecular flexibility index (Phi) is 3.47. The van der Waals surface area contributed by atoms with E-state index < -0.39 is 11.9 Å². The third-order valence-electron chi connectivity index (χ3n) is 3.07. The zero-order valence-corrected chi connectivity index (χ0v) is 11.1. The van der Waals surface area contributed by atoms with E-state index in [0.29, 0.717) is 16.6 Å². The smallest absolute Gasteiger partial charge is 0.348 e. The lowest BCUT2D eigenvalue weighted by Crippen LogP contribution is -2.15. The number of esters is 2. The SMILES string of the molecule is O=C(Cc1ccccc1)OC(=O)c1cccc2nc[nH]c12. The second-order valence-corrected chi connectivity index (χ2v) is 4.53. The number of rotatable bonds is 3. The Morgan fingerprint density at radius 1 is 1.05 bits per heavy atom. The summed E-state index contributed by atoms with van der Waals surface area (Å²) in [6.07, 6.45) is 1.55. The van der Waals surface area contributed by atoms with Crippen LogP contribution in [0.3, 0.4) is 0 Å². The van der Waals surface area contributed by atoms with Gasteiger partial charge in [-0.15, -0.1) is 0 Å². The summed E-state index contributed by atoms with van der Waals surface area (Å²) in [5.41, 5.74) is 2.32. The lowest BCUT2D eigenvalue weighted by Gasteiger charge is -2.04. The highest BCUT2D eigenvalue weighted by Gasteiger charge is 2.16. The van der Waals surface area contributed by atoms with Gasteiger partial charge in [-0.25, -0.2) is 9.78 Å². The van der Waals surface area contributed by atoms with Crippen molar-refractivity contribution in [2.75, 3.05) is 0 Å². The first-order chi connectivity index (χ1) is 10.2. The topological polar surface area (TPSA) is 72.1 Å². The van der Waals surface area contributed by atoms with Crippen molar-refractivity contribution in [3.8, 4) is 0 Å². The van der Waals surface area contributed by atoms with Gasteiger partial charge in [0.2, 0.25) is 0 Å². The van der Waals surface area contributed by atoms with Crippen molar-refractivity contribution < 1.29 is 14.3 Å². The van der Waals surface area contributed by atoms with E-state index in [1.165, 1.54) is 6.33 Å². The number of fused-ring (bicyclic) bond motifs is 1. The number of nitrogens with zero attached hydrogens (tertiary/aromatic N) is 1. The van der Waals surface area contributed by atoms with E-state index in [2.05, 4.69) is 9.97 Å². The molecule has 0 aliphatic rings. The molecule has 3 aromatic rings. The van der Waals surface area contributed by atoms with E-state index >= 15 is 0 Å². The van der Waals surface area contributed by atoms with Gasteiger partial charge in [-0.05, 0) is 17.7 Å². The fraction of sp³-hybridized carbons (Fsp3) is 0.0625. The average molecular weight is 280 g/mol. The Hall–Kier alpha value is -2.95. The Balaban J connectivity index is 1.74. The molecule has 0 amide bonds. The van der Waals surface area contributed by atoms with Crippen molar-refractivity contribution in [3.63, 3.8) is 0 Å². The summed E-state index contributed by atoms with van der Waals surface area (Å²) in [6, 6.07) is 14.2. The van der Waals surface area contributed by atoms with Crippen molar-refractivity contribution >= 4 is 23.0 Å². The van der Waals surface area contributed by atoms with Crippen molar-refractivity contribution in [1.29, 1.82) is 0 Å². The summed E-state index contributed by atoms with van der Waals surface area (Å²) in [7, 11) is 0. The van der Waals surface area contributed by atoms with Gasteiger partial charge in [0.1, 0.15) is 0 Å². The van der Waals surface area contributed by atoms with E-state index in [0.717, 1.165) is 5.56 Å². The van der Waals surface area contributed by atoms with Crippen LogP contribution < -0.4 is 0 Å². The fourth-order valence-corrected chi connectivity index (χ4v) is 2.09. The van der Waals surface area contributed by atoms with Crippen LogP contribution in [0.1, 0.15) is 15.9 Å². The molecule has 0 unspecified atom stereocenters. The normalized spacial score (nSPS) is 10.5. The van der Waals surface area contributed by atoms with Crippen LogP contribution in [0.15, 0.2) is 54.9 Å². The number of H-pyrrole nitrogens is 1. The highest BCUT2D eigenvalue weighted by molar-refractivity contribution is 6.05. The van der Waals surface area contributed by atoms with E-state index in [9.17, 15) is 9.59 Å². The van der Waals surface area contributed by atoms with Gasteiger partial charge in [-0.2, -0.15) is 0 Å². The van der Waals surface area contributed by atoms with E-state index in [1.807, 2.05) is 18.2 Å². The number of aromatic amines is 1. The molecule has 0 spiro atoms. The number of para-hydroxylation sites is 1. The quantitative estimate of drug-likeness (QED) is 0.591. The minimum atomic E-state index is -0.675. The molecule has 5 nitrogen and oxygen atoms in total. The van der Waals surface area contributed by atoms with Gasteiger partial charge in [0.15, 0.2) is 0 Å². The van der Waals surface area contributed by atoms with Crippen LogP contribution >= 0.6 is 0 Å². The molecular weight excluding hydrogens is 268 g/mol. The molecule has 1 aromatic heterocycles. The highest BCUT2D eigenvalue weighted by Crippen LogP contribution is 2.15. The molecule has 2 aromatic carbocycles. The molecule has 0 saturated carbocycles. The molecule has 0 saturated heterocycles. The minimum Gasteiger partial charge on any atom is -0.389 e. The molecule has 5 heteroatoms. The molecular formula is C16H12N2O3. The fourth-order valence-electron chi connectivity index (χ4n) is 2.09. The Morgan fingerprint density at radius 3 is 2.67 bits per heavy atom. The molecule has 104 valence electrons. The van der Waals surface area contributed by atoms with Crippen molar-refractivity contribution in [2.45, 2.75) is 6.42 Å². The Morgan fingerprint density at radius 2 is 1.86 bits per heavy atom. The summed E-state index contributed by atoms with van der Waals surface area (Å²) in [5, 5.41) is 0. The number of aromatic nitrogens is 2. The van der Waals surface area contributed by atoms with Crippen LogP contribution in [0.25, 0.3) is 11.0 Å². The third kappa shape index (κ3) is 2.81. The van der Waals surface area contributed by atoms with Crippen molar-refractivity contribution in [2.24, 2.45) is 0 Å². The maximum atomic E-state index is 12.1. The molecule has 0 aliphatic carbocycles. The summed E-state index contributed by atoms with van der Waals surface area (Å²) < 4.78 is 4.89. The van der Waals surface area contributed by atoms with Crippen LogP contribution in [0.4, 0.5) is 0 Å². The van der Waals surface area contributed by atoms with Crippen LogP contribution in [0.5, 0.6) is 0 Å². The van der Waals surface area contributed by atoms with E-state index in [-0.39, 0.29) is 6.42 Å². The van der Waals surface area contributed by atoms with Gasteiger partial charge in [-0.3, -0.25) is 4.79 Å². The first-order valence-electron chi connectivity index (χ1n) is 6.45. The number of hydrogen-bond acceptors (Lipinski definition) is 4. The summed E-state index contributed by atoms with van der Waals surface area (Å²) in [6.45, 7) is 0. The first kappa shape index (κ1) is 13.1. The lowest BCUT2D eigenvalue weighted by molar-refractivity contribution is -0.137. The predicted molar refractivity (Wildman–Crippen MR) is 76.7 cm³/mol. The van der Waals surface area contributed by atoms with Crippen LogP contribution in [-0.2, 0) is 16.0 Å². The van der Waals surface area contributed by atoms with E-state index in [1.54, 1.807) is 30.3 Å². The Bertz CT molecular complexity index is 793. The maximum Gasteiger partial charge on any atom is 0.348 e. The third-order valence-corrected chi connectivity index (χ3v) is 3.07. The number of carbonyl (C=O) groups is 2. The maximum absolute atomic E-state index is 12.1. The summed E-state index contributed by atoms with van der Waals surface area (Å²) in [4.78, 5) is 30.8. The van der Waals surface area contributed by atoms with Crippen LogP contribution in [-0.4, -0.2) is 21.9 Å². The summed E-state index contributed by atoms with van der Waals surface area (Å²) >= 11 is 0. The first-order valence-corrected chi connectivity index (χ1v) is 6.45. The number of imidazole rings is 1. The van der Waals surface area contributed by atoms with Gasteiger partial charge in [0, 0.05) is 0 Å². The second kappa shape index (κ2) is 5.58. The average Bonchev–Trinajstić information content (AvgIpc) is 2.96. The molecule has 1 heterocycles. The molecule has 0 atom stereocenters. The predicted octanol–water partition coefficient (Wildman–Crippen LogP) is 2.49. The van der Waals surface area contributed by atoms with Gasteiger partial charge in [0.05, 0.1) is 29.3 Å². The van der Waals surface area contributed by atoms with Gasteiger partial charge >= 0.3 is 11.9 Å². The molecule has 1 N–H and O–H groups in total. The van der Waals surface area contributed by atoms with Crippen LogP contribution in [0, 0.1) is 0 Å². The molecule has 0 bridgehead atoms. The molecule has 21 heavy (non-hydrogen) atoms. The van der Waals surface area contributed by atoms with Crippen LogP contribution in [0.2, 0.25) is 0 Å². The molecule has 0 fully saturated rings. The number of carbonyl (C=O) groups excluding carboxylic acids is 2.